The second-order valence-corrected chi connectivity index (χ2v) is 2.64. The molecule has 0 heterocycles. The molecule has 0 saturated heterocycles. The van der Waals surface area contributed by atoms with Gasteiger partial charge >= 0.3 is 12.1 Å². The highest BCUT2D eigenvalue weighted by molar-refractivity contribution is 5.81. The summed E-state index contributed by atoms with van der Waals surface area (Å²) >= 11 is 0. The first kappa shape index (κ1) is 12.2. The Morgan fingerprint density at radius 3 is 2.38 bits per heavy atom. The molecule has 78 valence electrons. The number of aliphatic hydroxyl groups excluding tert-OH is 1. The van der Waals surface area contributed by atoms with Gasteiger partial charge in [0.15, 0.2) is 0 Å². The van der Waals surface area contributed by atoms with E-state index in [1.54, 1.807) is 12.2 Å². The highest BCUT2D eigenvalue weighted by atomic mass is 19.4. The Balaban J connectivity index is 4.01. The lowest BCUT2D eigenvalue weighted by Gasteiger charge is -2.16. The quantitative estimate of drug-likeness (QED) is 0.704. The van der Waals surface area contributed by atoms with E-state index >= 15 is 0 Å². The van der Waals surface area contributed by atoms with E-state index in [0.717, 1.165) is 0 Å². The zero-order valence-electron chi connectivity index (χ0n) is 7.19. The fourth-order valence-corrected chi connectivity index (χ4v) is 0.825. The summed E-state index contributed by atoms with van der Waals surface area (Å²) in [5, 5.41) is 10.3. The van der Waals surface area contributed by atoms with Gasteiger partial charge in [0.2, 0.25) is 0 Å². The molecule has 0 aliphatic heterocycles. The molecule has 1 unspecified atom stereocenters. The number of rotatable bonds is 4. The molecule has 0 aliphatic rings. The number of carbonyl (C=O) groups excluding carboxylic acids is 1. The molecule has 0 fully saturated rings. The normalized spacial score (nSPS) is 13.9. The summed E-state index contributed by atoms with van der Waals surface area (Å²) in [6.45, 7) is 1.28. The molecule has 0 bridgehead atoms. The molecule has 0 radical (unpaired) electrons. The zero-order valence-corrected chi connectivity index (χ0v) is 7.19. The minimum Gasteiger partial charge on any atom is -0.394 e. The van der Waals surface area contributed by atoms with Crippen molar-refractivity contribution in [3.8, 4) is 0 Å². The predicted octanol–water partition coefficient (Wildman–Crippen LogP) is 0.826. The van der Waals surface area contributed by atoms with Crippen LogP contribution in [0, 0.1) is 0 Å². The van der Waals surface area contributed by atoms with Gasteiger partial charge in [0, 0.05) is 0 Å². The molecular weight excluding hydrogens is 187 g/mol. The van der Waals surface area contributed by atoms with Crippen LogP contribution < -0.4 is 5.32 Å². The fourth-order valence-electron chi connectivity index (χ4n) is 0.825. The van der Waals surface area contributed by atoms with Crippen molar-refractivity contribution in [1.29, 1.82) is 0 Å². The van der Waals surface area contributed by atoms with Gasteiger partial charge in [-0.25, -0.2) is 0 Å². The minimum atomic E-state index is -4.87. The minimum absolute atomic E-state index is 0.332. The van der Waals surface area contributed by atoms with Crippen molar-refractivity contribution in [3.05, 3.63) is 0 Å². The van der Waals surface area contributed by atoms with E-state index in [9.17, 15) is 18.0 Å². The average molecular weight is 199 g/mol. The fraction of sp³-hybridized carbons (Fsp3) is 0.857. The molecule has 1 atom stereocenters. The third-order valence-corrected chi connectivity index (χ3v) is 1.45. The van der Waals surface area contributed by atoms with Gasteiger partial charge in [0.25, 0.3) is 0 Å². The van der Waals surface area contributed by atoms with Crippen LogP contribution in [0.15, 0.2) is 0 Å². The van der Waals surface area contributed by atoms with Gasteiger partial charge in [0.05, 0.1) is 12.6 Å². The average Bonchev–Trinajstić information content (AvgIpc) is 2.01. The standard InChI is InChI=1S/C7H12F3NO2/c1-2-3-5(4-12)11-6(13)7(8,9)10/h5,12H,2-4H2,1H3,(H,11,13). The van der Waals surface area contributed by atoms with Crippen molar-refractivity contribution in [2.75, 3.05) is 6.61 Å². The van der Waals surface area contributed by atoms with Gasteiger partial charge in [-0.15, -0.1) is 0 Å². The molecule has 0 aliphatic carbocycles. The Morgan fingerprint density at radius 2 is 2.08 bits per heavy atom. The van der Waals surface area contributed by atoms with Gasteiger partial charge in [-0.1, -0.05) is 13.3 Å². The highest BCUT2D eigenvalue weighted by Gasteiger charge is 2.39. The second-order valence-electron chi connectivity index (χ2n) is 2.64. The molecule has 13 heavy (non-hydrogen) atoms. The van der Waals surface area contributed by atoms with Crippen LogP contribution >= 0.6 is 0 Å². The zero-order chi connectivity index (χ0) is 10.5. The smallest absolute Gasteiger partial charge is 0.394 e. The Hall–Kier alpha value is -0.780. The van der Waals surface area contributed by atoms with Crippen LogP contribution in [0.25, 0.3) is 0 Å². The van der Waals surface area contributed by atoms with E-state index < -0.39 is 24.7 Å². The number of hydrogen-bond acceptors (Lipinski definition) is 2. The van der Waals surface area contributed by atoms with Crippen LogP contribution in [-0.2, 0) is 4.79 Å². The summed E-state index contributed by atoms with van der Waals surface area (Å²) in [5.74, 6) is -2.00. The SMILES string of the molecule is CCCC(CO)NC(=O)C(F)(F)F. The summed E-state index contributed by atoms with van der Waals surface area (Å²) < 4.78 is 35.1. The summed E-state index contributed by atoms with van der Waals surface area (Å²) in [6.07, 6.45) is -3.94. The summed E-state index contributed by atoms with van der Waals surface area (Å²) in [6, 6.07) is -0.806. The molecular formula is C7H12F3NO2. The molecule has 0 spiro atoms. The molecule has 0 aromatic heterocycles. The van der Waals surface area contributed by atoms with E-state index in [1.165, 1.54) is 0 Å². The van der Waals surface area contributed by atoms with Crippen LogP contribution in [0.5, 0.6) is 0 Å². The topological polar surface area (TPSA) is 49.3 Å². The third-order valence-electron chi connectivity index (χ3n) is 1.45. The lowest BCUT2D eigenvalue weighted by molar-refractivity contribution is -0.174. The second kappa shape index (κ2) is 5.06. The summed E-state index contributed by atoms with van der Waals surface area (Å²) in [4.78, 5) is 10.4. The van der Waals surface area contributed by atoms with E-state index in [4.69, 9.17) is 5.11 Å². The number of halogens is 3. The van der Waals surface area contributed by atoms with E-state index in [2.05, 4.69) is 0 Å². The van der Waals surface area contributed by atoms with Crippen LogP contribution in [0.3, 0.4) is 0 Å². The Bertz CT molecular complexity index is 170. The van der Waals surface area contributed by atoms with Crippen molar-refractivity contribution in [1.82, 2.24) is 5.32 Å². The molecule has 0 saturated carbocycles. The van der Waals surface area contributed by atoms with Crippen molar-refractivity contribution >= 4 is 5.91 Å². The molecule has 0 aromatic rings. The van der Waals surface area contributed by atoms with E-state index in [-0.39, 0.29) is 0 Å². The summed E-state index contributed by atoms with van der Waals surface area (Å²) in [5.41, 5.74) is 0. The van der Waals surface area contributed by atoms with E-state index in [0.29, 0.717) is 12.8 Å². The monoisotopic (exact) mass is 199 g/mol. The van der Waals surface area contributed by atoms with Crippen LogP contribution in [0.4, 0.5) is 13.2 Å². The molecule has 0 rings (SSSR count). The molecule has 2 N–H and O–H groups in total. The number of aliphatic hydroxyl groups is 1. The molecule has 0 aromatic carbocycles. The molecule has 1 amide bonds. The van der Waals surface area contributed by atoms with E-state index in [1.807, 2.05) is 0 Å². The number of amides is 1. The first-order valence-electron chi connectivity index (χ1n) is 3.90. The Morgan fingerprint density at radius 1 is 1.54 bits per heavy atom. The van der Waals surface area contributed by atoms with Gasteiger partial charge in [-0.3, -0.25) is 4.79 Å². The predicted molar refractivity (Wildman–Crippen MR) is 40.0 cm³/mol. The molecule has 3 nitrogen and oxygen atoms in total. The Labute approximate surface area is 73.9 Å². The molecule has 6 heteroatoms. The van der Waals surface area contributed by atoms with Crippen LogP contribution in [0.2, 0.25) is 0 Å². The number of hydrogen-bond donors (Lipinski definition) is 2. The lowest BCUT2D eigenvalue weighted by atomic mass is 10.2. The summed E-state index contributed by atoms with van der Waals surface area (Å²) in [7, 11) is 0. The number of carbonyl (C=O) groups is 1. The third kappa shape index (κ3) is 4.72. The highest BCUT2D eigenvalue weighted by Crippen LogP contribution is 2.14. The maximum Gasteiger partial charge on any atom is 0.471 e. The van der Waals surface area contributed by atoms with Gasteiger partial charge in [0.1, 0.15) is 0 Å². The van der Waals surface area contributed by atoms with Crippen molar-refractivity contribution < 1.29 is 23.1 Å². The largest absolute Gasteiger partial charge is 0.471 e. The lowest BCUT2D eigenvalue weighted by Crippen LogP contribution is -2.44. The number of alkyl halides is 3. The maximum absolute atomic E-state index is 11.7. The van der Waals surface area contributed by atoms with Gasteiger partial charge in [-0.2, -0.15) is 13.2 Å². The van der Waals surface area contributed by atoms with Crippen molar-refractivity contribution in [3.63, 3.8) is 0 Å². The van der Waals surface area contributed by atoms with Crippen molar-refractivity contribution in [2.45, 2.75) is 32.0 Å². The van der Waals surface area contributed by atoms with Crippen LogP contribution in [-0.4, -0.2) is 29.8 Å². The van der Waals surface area contributed by atoms with Gasteiger partial charge in [-0.05, 0) is 6.42 Å². The maximum atomic E-state index is 11.7. The van der Waals surface area contributed by atoms with Crippen molar-refractivity contribution in [2.24, 2.45) is 0 Å². The van der Waals surface area contributed by atoms with Gasteiger partial charge < -0.3 is 10.4 Å². The number of nitrogens with one attached hydrogen (secondary N) is 1. The van der Waals surface area contributed by atoms with Crippen LogP contribution in [0.1, 0.15) is 19.8 Å². The first-order chi connectivity index (χ1) is 5.91. The Kier molecular flexibility index (Phi) is 4.76. The first-order valence-corrected chi connectivity index (χ1v) is 3.90.